The highest BCUT2D eigenvalue weighted by molar-refractivity contribution is 6.01. The number of nitrogens with two attached hydrogens (primary N) is 1. The molecule has 5 N–H and O–H groups in total. The molecule has 0 aliphatic rings. The van der Waals surface area contributed by atoms with Crippen LogP contribution in [0.25, 0.3) is 55.6 Å². The minimum Gasteiger partial charge on any atom is -0.397 e. The Kier molecular flexibility index (Phi) is 5.97. The van der Waals surface area contributed by atoms with Crippen molar-refractivity contribution in [3.05, 3.63) is 79.0 Å². The molecule has 9 heteroatoms. The van der Waals surface area contributed by atoms with Crippen LogP contribution in [-0.2, 0) is 0 Å². The molecule has 4 aromatic heterocycles. The summed E-state index contributed by atoms with van der Waals surface area (Å²) in [4.78, 5) is 14.4. The molecule has 8 nitrogen and oxygen atoms in total. The fourth-order valence-electron chi connectivity index (χ4n) is 4.68. The number of likely N-dealkylation sites (N-methyl/N-ethyl adjacent to an activating group) is 1. The third-order valence-electron chi connectivity index (χ3n) is 6.52. The number of halogens is 1. The summed E-state index contributed by atoms with van der Waals surface area (Å²) in [5.74, 6) is -0.314. The third-order valence-corrected chi connectivity index (χ3v) is 6.52. The number of rotatable bonds is 7. The first-order chi connectivity index (χ1) is 18.4. The molecule has 0 spiro atoms. The van der Waals surface area contributed by atoms with E-state index in [-0.39, 0.29) is 5.82 Å². The largest absolute Gasteiger partial charge is 0.397 e. The van der Waals surface area contributed by atoms with Crippen LogP contribution >= 0.6 is 0 Å². The second kappa shape index (κ2) is 9.60. The van der Waals surface area contributed by atoms with Crippen molar-refractivity contribution in [3.63, 3.8) is 0 Å². The molecule has 190 valence electrons. The first kappa shape index (κ1) is 23.6. The standard InChI is InChI=1S/C29H27FN8/c1-38(2)8-7-33-22-11-18(9-20(30)13-22)28-24-14-27(35-25(24)5-6-34-28)29-23-12-17(3-4-26(23)36-37-29)19-10-21(31)16-32-15-19/h3-6,9-16,33,35H,7-8,31H2,1-2H3,(H,36,37). The van der Waals surface area contributed by atoms with Gasteiger partial charge in [-0.1, -0.05) is 6.07 Å². The molecule has 2 aromatic carbocycles. The topological polar surface area (TPSA) is 112 Å². The van der Waals surface area contributed by atoms with E-state index >= 15 is 0 Å². The zero-order chi connectivity index (χ0) is 26.2. The number of nitrogens with one attached hydrogen (secondary N) is 3. The van der Waals surface area contributed by atoms with Gasteiger partial charge in [0.05, 0.1) is 22.6 Å². The minimum absolute atomic E-state index is 0.314. The maximum Gasteiger partial charge on any atom is 0.125 e. The van der Waals surface area contributed by atoms with E-state index in [2.05, 4.69) is 41.4 Å². The summed E-state index contributed by atoms with van der Waals surface area (Å²) >= 11 is 0. The van der Waals surface area contributed by atoms with Gasteiger partial charge in [0.25, 0.3) is 0 Å². The Morgan fingerprint density at radius 2 is 1.76 bits per heavy atom. The van der Waals surface area contributed by atoms with Crippen LogP contribution in [0.4, 0.5) is 15.8 Å². The van der Waals surface area contributed by atoms with Gasteiger partial charge >= 0.3 is 0 Å². The van der Waals surface area contributed by atoms with Crippen molar-refractivity contribution in [1.82, 2.24) is 30.0 Å². The zero-order valence-corrected chi connectivity index (χ0v) is 21.1. The number of aromatic amines is 2. The first-order valence-corrected chi connectivity index (χ1v) is 12.3. The molecule has 4 heterocycles. The molecule has 0 atom stereocenters. The van der Waals surface area contributed by atoms with Gasteiger partial charge in [-0.05, 0) is 68.2 Å². The number of hydrogen-bond donors (Lipinski definition) is 4. The van der Waals surface area contributed by atoms with Crippen LogP contribution in [0.3, 0.4) is 0 Å². The van der Waals surface area contributed by atoms with Gasteiger partial charge in [0.15, 0.2) is 0 Å². The van der Waals surface area contributed by atoms with Crippen molar-refractivity contribution < 1.29 is 4.39 Å². The highest BCUT2D eigenvalue weighted by atomic mass is 19.1. The lowest BCUT2D eigenvalue weighted by Crippen LogP contribution is -2.20. The lowest BCUT2D eigenvalue weighted by Gasteiger charge is -2.12. The molecule has 0 saturated carbocycles. The van der Waals surface area contributed by atoms with Crippen LogP contribution in [0.2, 0.25) is 0 Å². The van der Waals surface area contributed by atoms with Gasteiger partial charge in [0.1, 0.15) is 11.5 Å². The molecule has 0 bridgehead atoms. The van der Waals surface area contributed by atoms with E-state index in [0.717, 1.165) is 56.6 Å². The van der Waals surface area contributed by atoms with Crippen molar-refractivity contribution in [1.29, 1.82) is 0 Å². The molecule has 0 amide bonds. The van der Waals surface area contributed by atoms with Gasteiger partial charge in [-0.15, -0.1) is 0 Å². The molecular formula is C29H27FN8. The van der Waals surface area contributed by atoms with Crippen LogP contribution in [0.1, 0.15) is 0 Å². The SMILES string of the molecule is CN(C)CCNc1cc(F)cc(-c2nccc3[nH]c(-c4n[nH]c5ccc(-c6cncc(N)c6)cc45)cc23)c1. The lowest BCUT2D eigenvalue weighted by atomic mass is 10.0. The highest BCUT2D eigenvalue weighted by Crippen LogP contribution is 2.35. The van der Waals surface area contributed by atoms with Gasteiger partial charge in [0, 0.05) is 64.8 Å². The number of aromatic nitrogens is 5. The number of nitrogens with zero attached hydrogens (tertiary/aromatic N) is 4. The van der Waals surface area contributed by atoms with Crippen LogP contribution in [0.5, 0.6) is 0 Å². The number of pyridine rings is 2. The first-order valence-electron chi connectivity index (χ1n) is 12.3. The fraction of sp³-hybridized carbons (Fsp3) is 0.138. The quantitative estimate of drug-likeness (QED) is 0.227. The summed E-state index contributed by atoms with van der Waals surface area (Å²) in [6.07, 6.45) is 5.15. The summed E-state index contributed by atoms with van der Waals surface area (Å²) in [5, 5.41) is 12.9. The van der Waals surface area contributed by atoms with Crippen LogP contribution in [-0.4, -0.2) is 57.2 Å². The van der Waals surface area contributed by atoms with Gasteiger partial charge in [-0.2, -0.15) is 5.10 Å². The molecule has 0 aliphatic carbocycles. The van der Waals surface area contributed by atoms with Gasteiger partial charge in [-0.3, -0.25) is 15.1 Å². The van der Waals surface area contributed by atoms with Crippen molar-refractivity contribution >= 4 is 33.2 Å². The number of benzene rings is 2. The van der Waals surface area contributed by atoms with E-state index in [0.29, 0.717) is 23.5 Å². The fourth-order valence-corrected chi connectivity index (χ4v) is 4.68. The molecule has 0 radical (unpaired) electrons. The van der Waals surface area contributed by atoms with Gasteiger partial charge in [-0.25, -0.2) is 4.39 Å². The number of nitrogen functional groups attached to an aromatic ring is 1. The van der Waals surface area contributed by atoms with E-state index in [1.165, 1.54) is 12.1 Å². The second-order valence-electron chi connectivity index (χ2n) is 9.60. The Hall–Kier alpha value is -4.76. The summed E-state index contributed by atoms with van der Waals surface area (Å²) in [6.45, 7) is 1.55. The Morgan fingerprint density at radius 3 is 2.61 bits per heavy atom. The van der Waals surface area contributed by atoms with Crippen LogP contribution in [0, 0.1) is 5.82 Å². The molecule has 0 aliphatic heterocycles. The molecular weight excluding hydrogens is 479 g/mol. The van der Waals surface area contributed by atoms with Crippen LogP contribution in [0.15, 0.2) is 73.2 Å². The summed E-state index contributed by atoms with van der Waals surface area (Å²) in [7, 11) is 4.01. The third kappa shape index (κ3) is 4.55. The molecule has 0 fully saturated rings. The van der Waals surface area contributed by atoms with Gasteiger partial charge < -0.3 is 20.9 Å². The summed E-state index contributed by atoms with van der Waals surface area (Å²) < 4.78 is 14.6. The Morgan fingerprint density at radius 1 is 0.895 bits per heavy atom. The van der Waals surface area contributed by atoms with Crippen molar-refractivity contribution in [3.8, 4) is 33.8 Å². The average Bonchev–Trinajstić information content (AvgIpc) is 3.51. The second-order valence-corrected chi connectivity index (χ2v) is 9.60. The summed E-state index contributed by atoms with van der Waals surface area (Å²) in [5.41, 5.74) is 14.0. The van der Waals surface area contributed by atoms with E-state index in [4.69, 9.17) is 5.73 Å². The Labute approximate surface area is 218 Å². The van der Waals surface area contributed by atoms with E-state index in [1.54, 1.807) is 18.6 Å². The number of fused-ring (bicyclic) bond motifs is 2. The minimum atomic E-state index is -0.314. The van der Waals surface area contributed by atoms with Crippen molar-refractivity contribution in [2.24, 2.45) is 0 Å². The van der Waals surface area contributed by atoms with Crippen molar-refractivity contribution in [2.75, 3.05) is 38.2 Å². The summed E-state index contributed by atoms with van der Waals surface area (Å²) in [6, 6.07) is 16.9. The van der Waals surface area contributed by atoms with E-state index in [9.17, 15) is 4.39 Å². The predicted molar refractivity (Wildman–Crippen MR) is 151 cm³/mol. The molecule has 0 saturated heterocycles. The van der Waals surface area contributed by atoms with E-state index < -0.39 is 0 Å². The van der Waals surface area contributed by atoms with Gasteiger partial charge in [0.2, 0.25) is 0 Å². The van der Waals surface area contributed by atoms with Crippen molar-refractivity contribution in [2.45, 2.75) is 0 Å². The van der Waals surface area contributed by atoms with Crippen LogP contribution < -0.4 is 11.1 Å². The molecule has 6 rings (SSSR count). The molecule has 0 unspecified atom stereocenters. The monoisotopic (exact) mass is 506 g/mol. The zero-order valence-electron chi connectivity index (χ0n) is 21.1. The predicted octanol–water partition coefficient (Wildman–Crippen LogP) is 5.53. The molecule has 38 heavy (non-hydrogen) atoms. The average molecular weight is 507 g/mol. The maximum absolute atomic E-state index is 14.6. The van der Waals surface area contributed by atoms with E-state index in [1.807, 2.05) is 50.5 Å². The highest BCUT2D eigenvalue weighted by Gasteiger charge is 2.16. The molecule has 6 aromatic rings. The number of anilines is 2. The smallest absolute Gasteiger partial charge is 0.125 e. The Bertz CT molecular complexity index is 1770. The maximum atomic E-state index is 14.6. The Balaban J connectivity index is 1.40. The normalized spacial score (nSPS) is 11.6. The number of H-pyrrole nitrogens is 2. The lowest BCUT2D eigenvalue weighted by molar-refractivity contribution is 0.425. The number of hydrogen-bond acceptors (Lipinski definition) is 6.